The SMILES string of the molecule is Cc1cc(F)cc(Cc2ccccc2F)c1F. The highest BCUT2D eigenvalue weighted by atomic mass is 19.1. The van der Waals surface area contributed by atoms with Crippen molar-refractivity contribution in [1.82, 2.24) is 0 Å². The van der Waals surface area contributed by atoms with Crippen molar-refractivity contribution in [2.75, 3.05) is 0 Å². The first-order valence-corrected chi connectivity index (χ1v) is 5.26. The van der Waals surface area contributed by atoms with Gasteiger partial charge in [-0.2, -0.15) is 0 Å². The van der Waals surface area contributed by atoms with Crippen molar-refractivity contribution in [2.24, 2.45) is 0 Å². The Morgan fingerprint density at radius 2 is 1.65 bits per heavy atom. The normalized spacial score (nSPS) is 10.6. The molecule has 0 saturated heterocycles. The Morgan fingerprint density at radius 1 is 0.941 bits per heavy atom. The third kappa shape index (κ3) is 2.49. The molecular weight excluding hydrogens is 225 g/mol. The quantitative estimate of drug-likeness (QED) is 0.739. The topological polar surface area (TPSA) is 0 Å². The van der Waals surface area contributed by atoms with E-state index in [1.54, 1.807) is 18.2 Å². The molecule has 0 aliphatic carbocycles. The predicted molar refractivity (Wildman–Crippen MR) is 60.3 cm³/mol. The van der Waals surface area contributed by atoms with Gasteiger partial charge in [-0.3, -0.25) is 0 Å². The second-order valence-electron chi connectivity index (χ2n) is 3.96. The van der Waals surface area contributed by atoms with Crippen molar-refractivity contribution >= 4 is 0 Å². The van der Waals surface area contributed by atoms with E-state index in [0.29, 0.717) is 5.56 Å². The molecule has 2 aromatic carbocycles. The summed E-state index contributed by atoms with van der Waals surface area (Å²) in [4.78, 5) is 0. The molecule has 3 heteroatoms. The van der Waals surface area contributed by atoms with Gasteiger partial charge in [0.25, 0.3) is 0 Å². The Bertz CT molecular complexity index is 547. The van der Waals surface area contributed by atoms with E-state index < -0.39 is 17.5 Å². The molecule has 0 amide bonds. The monoisotopic (exact) mass is 236 g/mol. The molecule has 2 aromatic rings. The molecule has 0 fully saturated rings. The smallest absolute Gasteiger partial charge is 0.129 e. The number of aryl methyl sites for hydroxylation is 1. The van der Waals surface area contributed by atoms with Gasteiger partial charge in [-0.1, -0.05) is 18.2 Å². The Balaban J connectivity index is 2.40. The van der Waals surface area contributed by atoms with Crippen LogP contribution in [0.25, 0.3) is 0 Å². The van der Waals surface area contributed by atoms with Crippen LogP contribution in [0.2, 0.25) is 0 Å². The highest BCUT2D eigenvalue weighted by Gasteiger charge is 2.10. The van der Waals surface area contributed by atoms with Gasteiger partial charge in [0.1, 0.15) is 17.5 Å². The molecule has 0 nitrogen and oxygen atoms in total. The maximum absolute atomic E-state index is 13.7. The molecule has 2 rings (SSSR count). The number of hydrogen-bond donors (Lipinski definition) is 0. The Kier molecular flexibility index (Phi) is 3.18. The highest BCUT2D eigenvalue weighted by Crippen LogP contribution is 2.19. The van der Waals surface area contributed by atoms with Crippen molar-refractivity contribution in [3.63, 3.8) is 0 Å². The molecule has 0 N–H and O–H groups in total. The zero-order chi connectivity index (χ0) is 12.4. The van der Waals surface area contributed by atoms with Gasteiger partial charge in [0.2, 0.25) is 0 Å². The van der Waals surface area contributed by atoms with E-state index >= 15 is 0 Å². The maximum atomic E-state index is 13.7. The lowest BCUT2D eigenvalue weighted by Gasteiger charge is -2.07. The third-order valence-electron chi connectivity index (χ3n) is 2.63. The van der Waals surface area contributed by atoms with Gasteiger partial charge in [0, 0.05) is 6.42 Å². The molecule has 0 aliphatic rings. The number of rotatable bonds is 2. The van der Waals surface area contributed by atoms with E-state index in [2.05, 4.69) is 0 Å². The minimum absolute atomic E-state index is 0.0527. The molecule has 17 heavy (non-hydrogen) atoms. The van der Waals surface area contributed by atoms with Crippen LogP contribution in [0.1, 0.15) is 16.7 Å². The van der Waals surface area contributed by atoms with E-state index in [9.17, 15) is 13.2 Å². The fraction of sp³-hybridized carbons (Fsp3) is 0.143. The molecule has 0 atom stereocenters. The van der Waals surface area contributed by atoms with Crippen molar-refractivity contribution in [2.45, 2.75) is 13.3 Å². The van der Waals surface area contributed by atoms with Crippen LogP contribution >= 0.6 is 0 Å². The van der Waals surface area contributed by atoms with Crippen molar-refractivity contribution in [1.29, 1.82) is 0 Å². The standard InChI is InChI=1S/C14H11F3/c1-9-6-12(15)8-11(14(9)17)7-10-4-2-3-5-13(10)16/h2-6,8H,7H2,1H3. The predicted octanol–water partition coefficient (Wildman–Crippen LogP) is 4.00. The van der Waals surface area contributed by atoms with Gasteiger partial charge in [-0.15, -0.1) is 0 Å². The molecule has 0 bridgehead atoms. The van der Waals surface area contributed by atoms with E-state index in [4.69, 9.17) is 0 Å². The molecule has 0 unspecified atom stereocenters. The third-order valence-corrected chi connectivity index (χ3v) is 2.63. The van der Waals surface area contributed by atoms with Crippen molar-refractivity contribution < 1.29 is 13.2 Å². The van der Waals surface area contributed by atoms with Gasteiger partial charge < -0.3 is 0 Å². The summed E-state index contributed by atoms with van der Waals surface area (Å²) < 4.78 is 40.3. The number of hydrogen-bond acceptors (Lipinski definition) is 0. The largest absolute Gasteiger partial charge is 0.207 e. The van der Waals surface area contributed by atoms with Crippen LogP contribution in [0.4, 0.5) is 13.2 Å². The molecule has 0 heterocycles. The maximum Gasteiger partial charge on any atom is 0.129 e. The fourth-order valence-corrected chi connectivity index (χ4v) is 1.77. The minimum Gasteiger partial charge on any atom is -0.207 e. The van der Waals surface area contributed by atoms with Crippen molar-refractivity contribution in [3.8, 4) is 0 Å². The van der Waals surface area contributed by atoms with Crippen LogP contribution in [-0.4, -0.2) is 0 Å². The summed E-state index contributed by atoms with van der Waals surface area (Å²) in [6.07, 6.45) is 0.0527. The molecule has 0 aliphatic heterocycles. The van der Waals surface area contributed by atoms with Gasteiger partial charge in [-0.05, 0) is 41.8 Å². The van der Waals surface area contributed by atoms with Crippen LogP contribution in [0, 0.1) is 24.4 Å². The van der Waals surface area contributed by atoms with E-state index in [-0.39, 0.29) is 17.5 Å². The average Bonchev–Trinajstić information content (AvgIpc) is 2.28. The van der Waals surface area contributed by atoms with Crippen LogP contribution in [-0.2, 0) is 6.42 Å². The highest BCUT2D eigenvalue weighted by molar-refractivity contribution is 5.31. The van der Waals surface area contributed by atoms with Gasteiger partial charge in [0.15, 0.2) is 0 Å². The lowest BCUT2D eigenvalue weighted by atomic mass is 10.0. The first-order chi connectivity index (χ1) is 8.08. The number of halogens is 3. The summed E-state index contributed by atoms with van der Waals surface area (Å²) in [5.41, 5.74) is 0.764. The van der Waals surface area contributed by atoms with Gasteiger partial charge in [-0.25, -0.2) is 13.2 Å². The van der Waals surface area contributed by atoms with E-state index in [0.717, 1.165) is 12.1 Å². The summed E-state index contributed by atoms with van der Waals surface area (Å²) in [5.74, 6) is -1.39. The summed E-state index contributed by atoms with van der Waals surface area (Å²) >= 11 is 0. The fourth-order valence-electron chi connectivity index (χ4n) is 1.77. The second kappa shape index (κ2) is 4.62. The zero-order valence-corrected chi connectivity index (χ0v) is 9.31. The number of benzene rings is 2. The van der Waals surface area contributed by atoms with Crippen LogP contribution in [0.3, 0.4) is 0 Å². The lowest BCUT2D eigenvalue weighted by Crippen LogP contribution is -1.99. The molecule has 0 radical (unpaired) electrons. The van der Waals surface area contributed by atoms with Gasteiger partial charge in [0.05, 0.1) is 0 Å². The Hall–Kier alpha value is -1.77. The first-order valence-electron chi connectivity index (χ1n) is 5.26. The molecule has 0 saturated carbocycles. The van der Waals surface area contributed by atoms with Crippen LogP contribution < -0.4 is 0 Å². The van der Waals surface area contributed by atoms with Crippen LogP contribution in [0.15, 0.2) is 36.4 Å². The summed E-state index contributed by atoms with van der Waals surface area (Å²) in [5, 5.41) is 0. The van der Waals surface area contributed by atoms with Gasteiger partial charge >= 0.3 is 0 Å². The molecule has 88 valence electrons. The lowest BCUT2D eigenvalue weighted by molar-refractivity contribution is 0.575. The Labute approximate surface area is 97.7 Å². The molecule has 0 aromatic heterocycles. The van der Waals surface area contributed by atoms with E-state index in [1.807, 2.05) is 0 Å². The van der Waals surface area contributed by atoms with Crippen LogP contribution in [0.5, 0.6) is 0 Å². The average molecular weight is 236 g/mol. The minimum atomic E-state index is -0.504. The molecular formula is C14H11F3. The first kappa shape index (κ1) is 11.7. The summed E-state index contributed by atoms with van der Waals surface area (Å²) in [6, 6.07) is 8.33. The summed E-state index contributed by atoms with van der Waals surface area (Å²) in [6.45, 7) is 1.49. The second-order valence-corrected chi connectivity index (χ2v) is 3.96. The van der Waals surface area contributed by atoms with E-state index in [1.165, 1.54) is 13.0 Å². The molecule has 0 spiro atoms. The van der Waals surface area contributed by atoms with Crippen molar-refractivity contribution in [3.05, 3.63) is 70.5 Å². The summed E-state index contributed by atoms with van der Waals surface area (Å²) in [7, 11) is 0. The zero-order valence-electron chi connectivity index (χ0n) is 9.31. The Morgan fingerprint density at radius 3 is 2.35 bits per heavy atom.